The monoisotopic (exact) mass is 356 g/mol. The highest BCUT2D eigenvalue weighted by molar-refractivity contribution is 6.18. The standard InChI is InChI=1S/C26H16N2/c1-2-10-20-17(7-1)19-9-4-6-12-24(19)28-25-15-23-21(13-16(25)14-26(20)28)18-8-3-5-11-22(18)27-23/h1-15,27H. The first-order valence-electron chi connectivity index (χ1n) is 9.63. The second-order valence-electron chi connectivity index (χ2n) is 7.55. The van der Waals surface area contributed by atoms with Gasteiger partial charge < -0.3 is 9.38 Å². The topological polar surface area (TPSA) is 20.2 Å². The predicted octanol–water partition coefficient (Wildman–Crippen LogP) is 7.03. The number of hydrogen-bond donors (Lipinski definition) is 1. The Kier molecular flexibility index (Phi) is 2.52. The molecule has 3 heterocycles. The van der Waals surface area contributed by atoms with E-state index in [4.69, 9.17) is 0 Å². The van der Waals surface area contributed by atoms with Crippen molar-refractivity contribution in [3.8, 4) is 0 Å². The fourth-order valence-electron chi connectivity index (χ4n) is 4.85. The van der Waals surface area contributed by atoms with Gasteiger partial charge in [0.05, 0.1) is 16.6 Å². The maximum absolute atomic E-state index is 3.60. The Hall–Kier alpha value is -3.78. The van der Waals surface area contributed by atoms with E-state index < -0.39 is 0 Å². The SMILES string of the molecule is c1ccc2c(c1)[nH]c1cc3c(cc12)cc1c2ccccc2c2ccccc2n31. The van der Waals surface area contributed by atoms with Gasteiger partial charge in [0.25, 0.3) is 0 Å². The number of nitrogens with zero attached hydrogens (tertiary/aromatic N) is 1. The highest BCUT2D eigenvalue weighted by Crippen LogP contribution is 2.36. The molecule has 0 fully saturated rings. The number of benzene rings is 4. The van der Waals surface area contributed by atoms with Crippen LogP contribution in [0, 0.1) is 0 Å². The van der Waals surface area contributed by atoms with Gasteiger partial charge in [0.15, 0.2) is 0 Å². The number of aromatic nitrogens is 2. The third-order valence-corrected chi connectivity index (χ3v) is 6.07. The average Bonchev–Trinajstić information content (AvgIpc) is 3.30. The molecule has 0 atom stereocenters. The Morgan fingerprint density at radius 2 is 1.14 bits per heavy atom. The van der Waals surface area contributed by atoms with E-state index in [1.165, 1.54) is 59.9 Å². The van der Waals surface area contributed by atoms with Crippen molar-refractivity contribution < 1.29 is 0 Å². The molecular weight excluding hydrogens is 340 g/mol. The van der Waals surface area contributed by atoms with Gasteiger partial charge in [0, 0.05) is 38.0 Å². The smallest absolute Gasteiger partial charge is 0.0556 e. The maximum atomic E-state index is 3.60. The summed E-state index contributed by atoms with van der Waals surface area (Å²) in [5, 5.41) is 7.74. The van der Waals surface area contributed by atoms with Crippen LogP contribution in [0.4, 0.5) is 0 Å². The lowest BCUT2D eigenvalue weighted by Gasteiger charge is -2.09. The first kappa shape index (κ1) is 14.3. The number of nitrogens with one attached hydrogen (secondary N) is 1. The van der Waals surface area contributed by atoms with Crippen molar-refractivity contribution in [1.29, 1.82) is 0 Å². The molecule has 0 saturated heterocycles. The Morgan fingerprint density at radius 1 is 0.464 bits per heavy atom. The summed E-state index contributed by atoms with van der Waals surface area (Å²) in [6, 6.07) is 32.9. The summed E-state index contributed by atoms with van der Waals surface area (Å²) in [7, 11) is 0. The van der Waals surface area contributed by atoms with E-state index in [-0.39, 0.29) is 0 Å². The number of hydrogen-bond acceptors (Lipinski definition) is 0. The van der Waals surface area contributed by atoms with Gasteiger partial charge >= 0.3 is 0 Å². The maximum Gasteiger partial charge on any atom is 0.0556 e. The molecule has 0 bridgehead atoms. The van der Waals surface area contributed by atoms with E-state index in [1.807, 2.05) is 0 Å². The number of pyridine rings is 1. The third-order valence-electron chi connectivity index (χ3n) is 6.07. The zero-order valence-electron chi connectivity index (χ0n) is 15.1. The van der Waals surface area contributed by atoms with E-state index >= 15 is 0 Å². The van der Waals surface area contributed by atoms with Crippen LogP contribution in [0.2, 0.25) is 0 Å². The summed E-state index contributed by atoms with van der Waals surface area (Å²) < 4.78 is 2.41. The molecule has 2 nitrogen and oxygen atoms in total. The minimum atomic E-state index is 1.19. The van der Waals surface area contributed by atoms with Gasteiger partial charge in [-0.15, -0.1) is 0 Å². The molecule has 7 rings (SSSR count). The number of H-pyrrole nitrogens is 1. The normalized spacial score (nSPS) is 12.3. The minimum absolute atomic E-state index is 1.19. The van der Waals surface area contributed by atoms with Gasteiger partial charge in [-0.2, -0.15) is 0 Å². The summed E-state index contributed by atoms with van der Waals surface area (Å²) in [6.45, 7) is 0. The largest absolute Gasteiger partial charge is 0.354 e. The van der Waals surface area contributed by atoms with Crippen molar-refractivity contribution >= 4 is 59.9 Å². The first-order chi connectivity index (χ1) is 13.9. The van der Waals surface area contributed by atoms with Crippen molar-refractivity contribution in [1.82, 2.24) is 9.38 Å². The number of fused-ring (bicyclic) bond motifs is 11. The summed E-state index contributed by atoms with van der Waals surface area (Å²) >= 11 is 0. The van der Waals surface area contributed by atoms with Crippen LogP contribution in [0.25, 0.3) is 59.9 Å². The highest BCUT2D eigenvalue weighted by Gasteiger charge is 2.13. The molecule has 1 N–H and O–H groups in total. The molecule has 0 saturated carbocycles. The lowest BCUT2D eigenvalue weighted by atomic mass is 10.1. The van der Waals surface area contributed by atoms with E-state index in [0.29, 0.717) is 0 Å². The lowest BCUT2D eigenvalue weighted by Crippen LogP contribution is -1.90. The molecule has 0 amide bonds. The van der Waals surface area contributed by atoms with E-state index in [2.05, 4.69) is 100 Å². The highest BCUT2D eigenvalue weighted by atomic mass is 14.9. The number of rotatable bonds is 0. The van der Waals surface area contributed by atoms with Crippen LogP contribution in [-0.4, -0.2) is 9.38 Å². The zero-order chi connectivity index (χ0) is 18.2. The Morgan fingerprint density at radius 3 is 2.00 bits per heavy atom. The quantitative estimate of drug-likeness (QED) is 0.281. The van der Waals surface area contributed by atoms with Crippen LogP contribution in [0.1, 0.15) is 0 Å². The van der Waals surface area contributed by atoms with Crippen LogP contribution in [0.3, 0.4) is 0 Å². The Balaban J connectivity index is 1.79. The molecule has 28 heavy (non-hydrogen) atoms. The van der Waals surface area contributed by atoms with Crippen LogP contribution < -0.4 is 0 Å². The molecular formula is C26H16N2. The molecule has 0 radical (unpaired) electrons. The number of para-hydroxylation sites is 2. The van der Waals surface area contributed by atoms with Gasteiger partial charge in [0.1, 0.15) is 0 Å². The van der Waals surface area contributed by atoms with Crippen LogP contribution in [0.15, 0.2) is 91.0 Å². The summed E-state index contributed by atoms with van der Waals surface area (Å²) in [6.07, 6.45) is 0. The van der Waals surface area contributed by atoms with Crippen LogP contribution in [0.5, 0.6) is 0 Å². The Bertz CT molecular complexity index is 1710. The average molecular weight is 356 g/mol. The summed E-state index contributed by atoms with van der Waals surface area (Å²) in [5.74, 6) is 0. The second kappa shape index (κ2) is 4.93. The first-order valence-corrected chi connectivity index (χ1v) is 9.63. The molecule has 0 unspecified atom stereocenters. The van der Waals surface area contributed by atoms with E-state index in [1.54, 1.807) is 0 Å². The minimum Gasteiger partial charge on any atom is -0.354 e. The van der Waals surface area contributed by atoms with Crippen molar-refractivity contribution in [3.63, 3.8) is 0 Å². The third kappa shape index (κ3) is 1.68. The second-order valence-corrected chi connectivity index (χ2v) is 7.55. The van der Waals surface area contributed by atoms with Crippen molar-refractivity contribution in [2.24, 2.45) is 0 Å². The van der Waals surface area contributed by atoms with Gasteiger partial charge in [0.2, 0.25) is 0 Å². The molecule has 0 aliphatic carbocycles. The molecule has 0 aliphatic heterocycles. The lowest BCUT2D eigenvalue weighted by molar-refractivity contribution is 1.35. The van der Waals surface area contributed by atoms with Gasteiger partial charge in [-0.25, -0.2) is 0 Å². The number of aromatic amines is 1. The molecule has 2 heteroatoms. The van der Waals surface area contributed by atoms with Gasteiger partial charge in [-0.3, -0.25) is 0 Å². The van der Waals surface area contributed by atoms with Crippen molar-refractivity contribution in [2.45, 2.75) is 0 Å². The predicted molar refractivity (Wildman–Crippen MR) is 119 cm³/mol. The molecule has 130 valence electrons. The zero-order valence-corrected chi connectivity index (χ0v) is 15.1. The summed E-state index contributed by atoms with van der Waals surface area (Å²) in [4.78, 5) is 3.60. The van der Waals surface area contributed by atoms with Crippen molar-refractivity contribution in [3.05, 3.63) is 91.0 Å². The molecule has 7 aromatic rings. The van der Waals surface area contributed by atoms with E-state index in [9.17, 15) is 0 Å². The van der Waals surface area contributed by atoms with Gasteiger partial charge in [-0.05, 0) is 35.7 Å². The molecule has 0 spiro atoms. The molecule has 3 aromatic heterocycles. The van der Waals surface area contributed by atoms with Crippen LogP contribution in [-0.2, 0) is 0 Å². The van der Waals surface area contributed by atoms with E-state index in [0.717, 1.165) is 0 Å². The molecule has 4 aromatic carbocycles. The summed E-state index contributed by atoms with van der Waals surface area (Å²) in [5.41, 5.74) is 6.14. The van der Waals surface area contributed by atoms with Crippen molar-refractivity contribution in [2.75, 3.05) is 0 Å². The molecule has 0 aliphatic rings. The van der Waals surface area contributed by atoms with Gasteiger partial charge in [-0.1, -0.05) is 60.7 Å². The van der Waals surface area contributed by atoms with Crippen LogP contribution >= 0.6 is 0 Å². The fraction of sp³-hybridized carbons (Fsp3) is 0. The Labute approximate surface area is 160 Å². The fourth-order valence-corrected chi connectivity index (χ4v) is 4.85.